The Hall–Kier alpha value is -1.07. The highest BCUT2D eigenvalue weighted by Gasteiger charge is 2.22. The molecule has 0 aliphatic rings. The first-order valence-corrected chi connectivity index (χ1v) is 7.22. The number of aromatic nitrogens is 1. The number of amides is 1. The Balaban J connectivity index is 0.00000242. The first-order chi connectivity index (χ1) is 9.82. The molecule has 0 unspecified atom stereocenters. The van der Waals surface area contributed by atoms with E-state index in [1.54, 1.807) is 24.1 Å². The molecule has 0 radical (unpaired) electrons. The second-order valence-electron chi connectivity index (χ2n) is 6.06. The van der Waals surface area contributed by atoms with Crippen molar-refractivity contribution in [1.82, 2.24) is 9.88 Å². The van der Waals surface area contributed by atoms with E-state index in [0.29, 0.717) is 23.8 Å². The number of fused-ring (bicyclic) bond motifs is 1. The van der Waals surface area contributed by atoms with Gasteiger partial charge in [-0.3, -0.25) is 4.79 Å². The molecule has 2 N–H and O–H groups in total. The Morgan fingerprint density at radius 1 is 1.26 bits per heavy atom. The third-order valence-corrected chi connectivity index (χ3v) is 3.67. The van der Waals surface area contributed by atoms with Crippen molar-refractivity contribution in [1.29, 1.82) is 0 Å². The molecule has 1 aromatic heterocycles. The SMILES string of the molecule is CN(CC(C)(C)CN)C(=O)c1ccc2ccc(Cl)cc2n1.Cl.Cl. The Kier molecular flexibility index (Phi) is 8.29. The zero-order chi connectivity index (χ0) is 15.6. The molecule has 4 nitrogen and oxygen atoms in total. The Labute approximate surface area is 154 Å². The van der Waals surface area contributed by atoms with Crippen LogP contribution in [-0.2, 0) is 0 Å². The quantitative estimate of drug-likeness (QED) is 0.880. The summed E-state index contributed by atoms with van der Waals surface area (Å²) in [5.41, 5.74) is 6.73. The summed E-state index contributed by atoms with van der Waals surface area (Å²) in [7, 11) is 1.77. The normalized spacial score (nSPS) is 10.7. The molecule has 0 bridgehead atoms. The van der Waals surface area contributed by atoms with Crippen LogP contribution in [0, 0.1) is 5.41 Å². The number of benzene rings is 1. The molecule has 0 aliphatic carbocycles. The summed E-state index contributed by atoms with van der Waals surface area (Å²) >= 11 is 5.97. The number of rotatable bonds is 4. The van der Waals surface area contributed by atoms with Crippen LogP contribution in [0.5, 0.6) is 0 Å². The van der Waals surface area contributed by atoms with Crippen LogP contribution >= 0.6 is 36.4 Å². The lowest BCUT2D eigenvalue weighted by molar-refractivity contribution is 0.0735. The van der Waals surface area contributed by atoms with Gasteiger partial charge in [0.15, 0.2) is 0 Å². The van der Waals surface area contributed by atoms with Crippen molar-refractivity contribution < 1.29 is 4.79 Å². The van der Waals surface area contributed by atoms with Gasteiger partial charge in [-0.15, -0.1) is 24.8 Å². The van der Waals surface area contributed by atoms with Crippen LogP contribution < -0.4 is 5.73 Å². The van der Waals surface area contributed by atoms with Gasteiger partial charge in [-0.2, -0.15) is 0 Å². The minimum absolute atomic E-state index is 0. The van der Waals surface area contributed by atoms with Crippen LogP contribution in [0.15, 0.2) is 30.3 Å². The molecule has 1 aromatic carbocycles. The topological polar surface area (TPSA) is 59.2 Å². The van der Waals surface area contributed by atoms with Crippen LogP contribution in [0.25, 0.3) is 10.9 Å². The highest BCUT2D eigenvalue weighted by molar-refractivity contribution is 6.31. The van der Waals surface area contributed by atoms with E-state index in [1.807, 2.05) is 32.0 Å². The van der Waals surface area contributed by atoms with Crippen LogP contribution in [-0.4, -0.2) is 35.9 Å². The summed E-state index contributed by atoms with van der Waals surface area (Å²) in [6, 6.07) is 9.08. The molecule has 0 fully saturated rings. The smallest absolute Gasteiger partial charge is 0.272 e. The van der Waals surface area contributed by atoms with E-state index in [9.17, 15) is 4.79 Å². The first kappa shape index (κ1) is 21.9. The van der Waals surface area contributed by atoms with Crippen molar-refractivity contribution in [2.45, 2.75) is 13.8 Å². The Morgan fingerprint density at radius 3 is 2.48 bits per heavy atom. The second-order valence-corrected chi connectivity index (χ2v) is 6.50. The van der Waals surface area contributed by atoms with Crippen LogP contribution in [0.2, 0.25) is 5.02 Å². The Bertz CT molecular complexity index is 677. The summed E-state index contributed by atoms with van der Waals surface area (Å²) in [5.74, 6) is -0.113. The molecule has 7 heteroatoms. The number of carbonyl (C=O) groups is 1. The average Bonchev–Trinajstić information content (AvgIpc) is 2.45. The highest BCUT2D eigenvalue weighted by atomic mass is 35.5. The van der Waals surface area contributed by atoms with Crippen molar-refractivity contribution in [3.8, 4) is 0 Å². The summed E-state index contributed by atoms with van der Waals surface area (Å²) in [4.78, 5) is 18.5. The van der Waals surface area contributed by atoms with Crippen molar-refractivity contribution >= 4 is 53.2 Å². The van der Waals surface area contributed by atoms with Crippen LogP contribution in [0.3, 0.4) is 0 Å². The van der Waals surface area contributed by atoms with E-state index in [2.05, 4.69) is 4.98 Å². The van der Waals surface area contributed by atoms with Gasteiger partial charge < -0.3 is 10.6 Å². The molecule has 2 aromatic rings. The molecule has 0 atom stereocenters. The van der Waals surface area contributed by atoms with E-state index in [4.69, 9.17) is 17.3 Å². The zero-order valence-corrected chi connectivity index (χ0v) is 15.8. The molecule has 23 heavy (non-hydrogen) atoms. The monoisotopic (exact) mass is 377 g/mol. The molecule has 128 valence electrons. The van der Waals surface area contributed by atoms with Crippen LogP contribution in [0.1, 0.15) is 24.3 Å². The van der Waals surface area contributed by atoms with Gasteiger partial charge >= 0.3 is 0 Å². The lowest BCUT2D eigenvalue weighted by atomic mass is 9.93. The van der Waals surface area contributed by atoms with Gasteiger partial charge in [-0.25, -0.2) is 4.98 Å². The predicted octanol–water partition coefficient (Wildman–Crippen LogP) is 3.79. The van der Waals surface area contributed by atoms with E-state index in [0.717, 1.165) is 10.9 Å². The second kappa shape index (κ2) is 8.69. The zero-order valence-electron chi connectivity index (χ0n) is 13.4. The van der Waals surface area contributed by atoms with E-state index < -0.39 is 0 Å². The van der Waals surface area contributed by atoms with Gasteiger partial charge in [0.1, 0.15) is 5.69 Å². The maximum Gasteiger partial charge on any atom is 0.272 e. The van der Waals surface area contributed by atoms with Crippen molar-refractivity contribution in [2.75, 3.05) is 20.1 Å². The third-order valence-electron chi connectivity index (χ3n) is 3.44. The van der Waals surface area contributed by atoms with E-state index >= 15 is 0 Å². The summed E-state index contributed by atoms with van der Waals surface area (Å²) in [5, 5.41) is 1.57. The number of hydrogen-bond acceptors (Lipinski definition) is 3. The number of pyridine rings is 1. The fraction of sp³-hybridized carbons (Fsp3) is 0.375. The molecule has 0 spiro atoms. The molecule has 0 saturated carbocycles. The predicted molar refractivity (Wildman–Crippen MR) is 101 cm³/mol. The van der Waals surface area contributed by atoms with Gasteiger partial charge in [0.2, 0.25) is 0 Å². The van der Waals surface area contributed by atoms with Gasteiger partial charge in [0.25, 0.3) is 5.91 Å². The maximum atomic E-state index is 12.5. The van der Waals surface area contributed by atoms with Crippen molar-refractivity contribution in [3.63, 3.8) is 0 Å². The number of halogens is 3. The number of nitrogens with zero attached hydrogens (tertiary/aromatic N) is 2. The van der Waals surface area contributed by atoms with Crippen molar-refractivity contribution in [2.24, 2.45) is 11.1 Å². The number of hydrogen-bond donors (Lipinski definition) is 1. The molecule has 2 rings (SSSR count). The van der Waals surface area contributed by atoms with E-state index in [1.165, 1.54) is 0 Å². The molecule has 1 amide bonds. The average molecular weight is 379 g/mol. The summed E-state index contributed by atoms with van der Waals surface area (Å²) in [6.45, 7) is 5.16. The number of nitrogens with two attached hydrogens (primary N) is 1. The lowest BCUT2D eigenvalue weighted by Gasteiger charge is -2.28. The van der Waals surface area contributed by atoms with Gasteiger partial charge in [-0.1, -0.05) is 37.6 Å². The largest absolute Gasteiger partial charge is 0.340 e. The minimum Gasteiger partial charge on any atom is -0.340 e. The molecular formula is C16H22Cl3N3O. The standard InChI is InChI=1S/C16H20ClN3O.2ClH/c1-16(2,9-18)10-20(3)15(21)13-7-5-11-4-6-12(17)8-14(11)19-13;;/h4-8H,9-10,18H2,1-3H3;2*1H. The molecule has 0 saturated heterocycles. The number of carbonyl (C=O) groups excluding carboxylic acids is 1. The fourth-order valence-corrected chi connectivity index (χ4v) is 2.35. The van der Waals surface area contributed by atoms with Crippen molar-refractivity contribution in [3.05, 3.63) is 41.0 Å². The van der Waals surface area contributed by atoms with Crippen LogP contribution in [0.4, 0.5) is 0 Å². The lowest BCUT2D eigenvalue weighted by Crippen LogP contribution is -2.40. The highest BCUT2D eigenvalue weighted by Crippen LogP contribution is 2.19. The molecule has 1 heterocycles. The van der Waals surface area contributed by atoms with E-state index in [-0.39, 0.29) is 36.1 Å². The fourth-order valence-electron chi connectivity index (χ4n) is 2.18. The third kappa shape index (κ3) is 5.50. The Morgan fingerprint density at radius 2 is 1.87 bits per heavy atom. The van der Waals surface area contributed by atoms with Gasteiger partial charge in [0, 0.05) is 24.0 Å². The van der Waals surface area contributed by atoms with Gasteiger partial charge in [0.05, 0.1) is 5.52 Å². The minimum atomic E-state index is -0.120. The molecular weight excluding hydrogens is 357 g/mol. The maximum absolute atomic E-state index is 12.5. The first-order valence-electron chi connectivity index (χ1n) is 6.84. The summed E-state index contributed by atoms with van der Waals surface area (Å²) in [6.07, 6.45) is 0. The molecule has 0 aliphatic heterocycles. The summed E-state index contributed by atoms with van der Waals surface area (Å²) < 4.78 is 0. The van der Waals surface area contributed by atoms with Gasteiger partial charge in [-0.05, 0) is 30.2 Å².